The van der Waals surface area contributed by atoms with Gasteiger partial charge in [-0.05, 0) is 49.2 Å². The Kier molecular flexibility index (Phi) is 5.97. The van der Waals surface area contributed by atoms with Crippen LogP contribution in [0.4, 0.5) is 4.39 Å². The lowest BCUT2D eigenvalue weighted by atomic mass is 10.0. The summed E-state index contributed by atoms with van der Waals surface area (Å²) >= 11 is 12.1. The number of nitrogens with one attached hydrogen (secondary N) is 1. The fraction of sp³-hybridized carbons (Fsp3) is 0.312. The molecular formula is C16H17Cl2FN2. The van der Waals surface area contributed by atoms with Crippen molar-refractivity contribution in [3.8, 4) is 0 Å². The van der Waals surface area contributed by atoms with Crippen molar-refractivity contribution in [2.24, 2.45) is 0 Å². The quantitative estimate of drug-likeness (QED) is 0.823. The number of hydrogen-bond donors (Lipinski definition) is 1. The van der Waals surface area contributed by atoms with Gasteiger partial charge in [-0.15, -0.1) is 0 Å². The van der Waals surface area contributed by atoms with Gasteiger partial charge in [-0.3, -0.25) is 4.98 Å². The predicted octanol–water partition coefficient (Wildman–Crippen LogP) is 4.81. The molecule has 1 N–H and O–H groups in total. The highest BCUT2D eigenvalue weighted by molar-refractivity contribution is 6.35. The summed E-state index contributed by atoms with van der Waals surface area (Å²) in [6.07, 6.45) is 2.92. The summed E-state index contributed by atoms with van der Waals surface area (Å²) in [5.41, 5.74) is 1.79. The number of hydrogen-bond acceptors (Lipinski definition) is 2. The Bertz CT molecular complexity index is 587. The van der Waals surface area contributed by atoms with Gasteiger partial charge in [0.05, 0.1) is 17.9 Å². The van der Waals surface area contributed by atoms with E-state index in [1.54, 1.807) is 12.1 Å². The van der Waals surface area contributed by atoms with Gasteiger partial charge in [0, 0.05) is 10.0 Å². The molecule has 0 saturated heterocycles. The maximum absolute atomic E-state index is 13.0. The van der Waals surface area contributed by atoms with Gasteiger partial charge < -0.3 is 5.32 Å². The van der Waals surface area contributed by atoms with Crippen LogP contribution in [0.5, 0.6) is 0 Å². The molecule has 1 aromatic carbocycles. The van der Waals surface area contributed by atoms with Crippen LogP contribution >= 0.6 is 23.2 Å². The zero-order chi connectivity index (χ0) is 15.2. The summed E-state index contributed by atoms with van der Waals surface area (Å²) in [4.78, 5) is 4.17. The van der Waals surface area contributed by atoms with Crippen molar-refractivity contribution >= 4 is 23.2 Å². The second-order valence-electron chi connectivity index (χ2n) is 4.85. The topological polar surface area (TPSA) is 24.9 Å². The van der Waals surface area contributed by atoms with Crippen molar-refractivity contribution in [2.75, 3.05) is 6.54 Å². The molecule has 1 unspecified atom stereocenters. The minimum absolute atomic E-state index is 0.00998. The Labute approximate surface area is 134 Å². The molecule has 1 atom stereocenters. The fourth-order valence-electron chi connectivity index (χ4n) is 2.10. The van der Waals surface area contributed by atoms with Crippen molar-refractivity contribution in [2.45, 2.75) is 25.8 Å². The summed E-state index contributed by atoms with van der Waals surface area (Å²) < 4.78 is 13.0. The average Bonchev–Trinajstić information content (AvgIpc) is 2.46. The van der Waals surface area contributed by atoms with Crippen LogP contribution in [-0.2, 0) is 6.42 Å². The van der Waals surface area contributed by atoms with E-state index in [-0.39, 0.29) is 11.9 Å². The molecule has 1 aromatic heterocycles. The molecule has 0 amide bonds. The fourth-order valence-corrected chi connectivity index (χ4v) is 2.59. The lowest BCUT2D eigenvalue weighted by molar-refractivity contribution is 0.514. The summed E-state index contributed by atoms with van der Waals surface area (Å²) in [6.45, 7) is 2.95. The highest BCUT2D eigenvalue weighted by Gasteiger charge is 2.15. The Morgan fingerprint density at radius 1 is 1.24 bits per heavy atom. The van der Waals surface area contributed by atoms with Gasteiger partial charge in [-0.1, -0.05) is 36.2 Å². The molecule has 0 radical (unpaired) electrons. The van der Waals surface area contributed by atoms with Crippen LogP contribution in [0.1, 0.15) is 30.6 Å². The van der Waals surface area contributed by atoms with E-state index in [9.17, 15) is 4.39 Å². The van der Waals surface area contributed by atoms with Crippen LogP contribution in [0.15, 0.2) is 36.5 Å². The molecule has 0 aliphatic rings. The van der Waals surface area contributed by atoms with E-state index in [0.29, 0.717) is 16.5 Å². The van der Waals surface area contributed by atoms with Crippen LogP contribution in [0.2, 0.25) is 10.0 Å². The van der Waals surface area contributed by atoms with Crippen molar-refractivity contribution in [1.29, 1.82) is 0 Å². The first-order valence-corrected chi connectivity index (χ1v) is 7.64. The smallest absolute Gasteiger partial charge is 0.141 e. The maximum atomic E-state index is 13.0. The van der Waals surface area contributed by atoms with Gasteiger partial charge in [-0.25, -0.2) is 4.39 Å². The molecule has 1 heterocycles. The van der Waals surface area contributed by atoms with Crippen molar-refractivity contribution in [3.05, 3.63) is 63.6 Å². The average molecular weight is 327 g/mol. The number of aromatic nitrogens is 1. The maximum Gasteiger partial charge on any atom is 0.141 e. The molecule has 0 spiro atoms. The summed E-state index contributed by atoms with van der Waals surface area (Å²) in [5, 5.41) is 4.66. The number of nitrogens with zero attached hydrogens (tertiary/aromatic N) is 1. The van der Waals surface area contributed by atoms with Gasteiger partial charge in [0.2, 0.25) is 0 Å². The van der Waals surface area contributed by atoms with E-state index in [0.717, 1.165) is 24.2 Å². The summed E-state index contributed by atoms with van der Waals surface area (Å²) in [5.74, 6) is -0.336. The van der Waals surface area contributed by atoms with Crippen LogP contribution in [0, 0.1) is 5.82 Å². The zero-order valence-corrected chi connectivity index (χ0v) is 13.3. The van der Waals surface area contributed by atoms with E-state index in [2.05, 4.69) is 17.2 Å². The first-order valence-electron chi connectivity index (χ1n) is 6.89. The molecule has 2 rings (SSSR count). The second-order valence-corrected chi connectivity index (χ2v) is 5.69. The first kappa shape index (κ1) is 16.2. The van der Waals surface area contributed by atoms with Gasteiger partial charge in [0.25, 0.3) is 0 Å². The molecule has 0 aliphatic carbocycles. The largest absolute Gasteiger partial charge is 0.308 e. The predicted molar refractivity (Wildman–Crippen MR) is 85.4 cm³/mol. The Morgan fingerprint density at radius 3 is 2.67 bits per heavy atom. The zero-order valence-electron chi connectivity index (χ0n) is 11.7. The third-order valence-corrected chi connectivity index (χ3v) is 3.77. The molecule has 0 saturated carbocycles. The van der Waals surface area contributed by atoms with Gasteiger partial charge in [0.15, 0.2) is 0 Å². The molecule has 5 heteroatoms. The molecule has 2 nitrogen and oxygen atoms in total. The standard InChI is InChI=1S/C16H17Cl2FN2/c1-2-7-20-16(15-6-5-13(19)10-21-15)8-11-3-4-12(17)9-14(11)18/h3-6,9-10,16,20H,2,7-8H2,1H3. The van der Waals surface area contributed by atoms with Crippen LogP contribution < -0.4 is 5.32 Å². The summed E-state index contributed by atoms with van der Waals surface area (Å²) in [7, 11) is 0. The molecule has 21 heavy (non-hydrogen) atoms. The number of halogens is 3. The van der Waals surface area contributed by atoms with E-state index >= 15 is 0 Å². The highest BCUT2D eigenvalue weighted by Crippen LogP contribution is 2.25. The van der Waals surface area contributed by atoms with Gasteiger partial charge in [-0.2, -0.15) is 0 Å². The van der Waals surface area contributed by atoms with Gasteiger partial charge in [0.1, 0.15) is 5.82 Å². The van der Waals surface area contributed by atoms with Crippen LogP contribution in [0.3, 0.4) is 0 Å². The normalized spacial score (nSPS) is 12.4. The second kappa shape index (κ2) is 7.74. The molecule has 0 fully saturated rings. The minimum atomic E-state index is -0.336. The molecular weight excluding hydrogens is 310 g/mol. The highest BCUT2D eigenvalue weighted by atomic mass is 35.5. The van der Waals surface area contributed by atoms with Crippen molar-refractivity contribution < 1.29 is 4.39 Å². The number of benzene rings is 1. The van der Waals surface area contributed by atoms with Crippen LogP contribution in [-0.4, -0.2) is 11.5 Å². The van der Waals surface area contributed by atoms with E-state index in [4.69, 9.17) is 23.2 Å². The van der Waals surface area contributed by atoms with Gasteiger partial charge >= 0.3 is 0 Å². The van der Waals surface area contributed by atoms with E-state index in [1.165, 1.54) is 12.3 Å². The Hall–Kier alpha value is -1.16. The monoisotopic (exact) mass is 326 g/mol. The van der Waals surface area contributed by atoms with Crippen LogP contribution in [0.25, 0.3) is 0 Å². The third kappa shape index (κ3) is 4.67. The van der Waals surface area contributed by atoms with E-state index in [1.807, 2.05) is 12.1 Å². The number of pyridine rings is 1. The van der Waals surface area contributed by atoms with Crippen molar-refractivity contribution in [3.63, 3.8) is 0 Å². The SMILES string of the molecule is CCCNC(Cc1ccc(Cl)cc1Cl)c1ccc(F)cn1. The molecule has 112 valence electrons. The Balaban J connectivity index is 2.21. The molecule has 0 aliphatic heterocycles. The first-order chi connectivity index (χ1) is 10.1. The summed E-state index contributed by atoms with van der Waals surface area (Å²) in [6, 6.07) is 8.57. The molecule has 0 bridgehead atoms. The lowest BCUT2D eigenvalue weighted by Gasteiger charge is -2.19. The lowest BCUT2D eigenvalue weighted by Crippen LogP contribution is -2.25. The number of rotatable bonds is 6. The van der Waals surface area contributed by atoms with E-state index < -0.39 is 0 Å². The third-order valence-electron chi connectivity index (χ3n) is 3.19. The van der Waals surface area contributed by atoms with Crippen molar-refractivity contribution in [1.82, 2.24) is 10.3 Å². The minimum Gasteiger partial charge on any atom is -0.308 e. The molecule has 2 aromatic rings. The Morgan fingerprint density at radius 2 is 2.05 bits per heavy atom.